The molecule has 0 bridgehead atoms. The van der Waals surface area contributed by atoms with E-state index >= 15 is 0 Å². The van der Waals surface area contributed by atoms with Crippen molar-refractivity contribution in [3.63, 3.8) is 0 Å². The van der Waals surface area contributed by atoms with Gasteiger partial charge in [0.1, 0.15) is 0 Å². The number of para-hydroxylation sites is 2. The summed E-state index contributed by atoms with van der Waals surface area (Å²) in [5.74, 6) is 0. The molecule has 0 aliphatic heterocycles. The smallest absolute Gasteiger partial charge is 0.0991 e. The standard InChI is InChI=1S/C50H30N4/c51-31-33-19-23-47(53-45-17-9-7-15-39(45)43-29-37(21-25-49(43)53)35-11-3-1-4-12-35)41(27-33)42-28-34(32-52)20-24-48(42)54-46-18-10-8-16-40(46)44-30-38(22-26-50(44)54)36-13-5-2-6-14-36/h1-30H. The van der Waals surface area contributed by atoms with Gasteiger partial charge in [-0.15, -0.1) is 0 Å². The summed E-state index contributed by atoms with van der Waals surface area (Å²) in [6.45, 7) is 0. The Labute approximate surface area is 312 Å². The summed E-state index contributed by atoms with van der Waals surface area (Å²) in [6.07, 6.45) is 0. The highest BCUT2D eigenvalue weighted by atomic mass is 15.0. The molecule has 4 nitrogen and oxygen atoms in total. The van der Waals surface area contributed by atoms with Crippen molar-refractivity contribution in [3.8, 4) is 56.9 Å². The van der Waals surface area contributed by atoms with Crippen LogP contribution in [0.3, 0.4) is 0 Å². The number of hydrogen-bond donors (Lipinski definition) is 0. The molecule has 0 saturated carbocycles. The van der Waals surface area contributed by atoms with Gasteiger partial charge in [-0.1, -0.05) is 109 Å². The van der Waals surface area contributed by atoms with Gasteiger partial charge in [0, 0.05) is 32.7 Å². The maximum Gasteiger partial charge on any atom is 0.0991 e. The molecule has 0 N–H and O–H groups in total. The summed E-state index contributed by atoms with van der Waals surface area (Å²) in [5, 5.41) is 25.1. The Hall–Kier alpha value is -7.66. The second-order valence-corrected chi connectivity index (χ2v) is 13.6. The van der Waals surface area contributed by atoms with Gasteiger partial charge in [-0.25, -0.2) is 0 Å². The van der Waals surface area contributed by atoms with Crippen LogP contribution in [0.25, 0.3) is 88.4 Å². The molecule has 0 aliphatic rings. The van der Waals surface area contributed by atoms with Crippen LogP contribution in [-0.4, -0.2) is 9.13 Å². The van der Waals surface area contributed by atoms with E-state index in [1.807, 2.05) is 48.5 Å². The lowest BCUT2D eigenvalue weighted by Gasteiger charge is -2.19. The third-order valence-corrected chi connectivity index (χ3v) is 10.6. The summed E-state index contributed by atoms with van der Waals surface area (Å²) in [7, 11) is 0. The number of nitriles is 2. The summed E-state index contributed by atoms with van der Waals surface area (Å²) < 4.78 is 4.60. The lowest BCUT2D eigenvalue weighted by molar-refractivity contribution is 1.16. The van der Waals surface area contributed by atoms with Crippen LogP contribution >= 0.6 is 0 Å². The second kappa shape index (κ2) is 12.5. The molecule has 54 heavy (non-hydrogen) atoms. The fourth-order valence-corrected chi connectivity index (χ4v) is 8.12. The highest BCUT2D eigenvalue weighted by Crippen LogP contribution is 2.42. The van der Waals surface area contributed by atoms with Gasteiger partial charge in [-0.3, -0.25) is 0 Å². The van der Waals surface area contributed by atoms with Crippen LogP contribution in [0.1, 0.15) is 11.1 Å². The first kappa shape index (κ1) is 31.1. The van der Waals surface area contributed by atoms with Crippen molar-refractivity contribution in [3.05, 3.63) is 193 Å². The molecule has 2 aromatic heterocycles. The Kier molecular flexibility index (Phi) is 7.22. The molecule has 10 aromatic rings. The summed E-state index contributed by atoms with van der Waals surface area (Å²) in [6, 6.07) is 67.8. The molecule has 0 spiro atoms. The van der Waals surface area contributed by atoms with Gasteiger partial charge in [0.25, 0.3) is 0 Å². The van der Waals surface area contributed by atoms with Crippen LogP contribution in [-0.2, 0) is 0 Å². The molecule has 2 heterocycles. The number of fused-ring (bicyclic) bond motifs is 6. The molecular formula is C50H30N4. The summed E-state index contributed by atoms with van der Waals surface area (Å²) >= 11 is 0. The Morgan fingerprint density at radius 2 is 0.704 bits per heavy atom. The van der Waals surface area contributed by atoms with Gasteiger partial charge in [0.2, 0.25) is 0 Å². The van der Waals surface area contributed by atoms with E-state index in [1.54, 1.807) is 0 Å². The van der Waals surface area contributed by atoms with Crippen LogP contribution in [0.2, 0.25) is 0 Å². The Bertz CT molecular complexity index is 2950. The molecule has 0 aliphatic carbocycles. The van der Waals surface area contributed by atoms with Gasteiger partial charge >= 0.3 is 0 Å². The molecule has 0 fully saturated rings. The molecule has 0 radical (unpaired) electrons. The zero-order valence-corrected chi connectivity index (χ0v) is 29.1. The Morgan fingerprint density at radius 3 is 1.13 bits per heavy atom. The average molecular weight is 687 g/mol. The minimum Gasteiger partial charge on any atom is -0.309 e. The lowest BCUT2D eigenvalue weighted by Crippen LogP contribution is -2.02. The van der Waals surface area contributed by atoms with Crippen molar-refractivity contribution in [1.82, 2.24) is 9.13 Å². The van der Waals surface area contributed by atoms with E-state index in [2.05, 4.69) is 155 Å². The number of hydrogen-bond acceptors (Lipinski definition) is 2. The molecule has 0 atom stereocenters. The largest absolute Gasteiger partial charge is 0.309 e. The number of benzene rings is 8. The van der Waals surface area contributed by atoms with Gasteiger partial charge in [-0.2, -0.15) is 10.5 Å². The van der Waals surface area contributed by atoms with Crippen LogP contribution in [0.5, 0.6) is 0 Å². The molecule has 0 saturated heterocycles. The van der Waals surface area contributed by atoms with Crippen LogP contribution in [0.15, 0.2) is 182 Å². The third kappa shape index (κ3) is 4.90. The van der Waals surface area contributed by atoms with Crippen LogP contribution in [0, 0.1) is 22.7 Å². The molecule has 250 valence electrons. The number of rotatable bonds is 5. The fourth-order valence-electron chi connectivity index (χ4n) is 8.12. The SMILES string of the molecule is N#Cc1ccc(-n2c3ccccc3c3cc(-c4ccccc4)ccc32)c(-c2cc(C#N)ccc2-n2c3ccccc3c3cc(-c4ccccc4)ccc32)c1. The van der Waals surface area contributed by atoms with Crippen molar-refractivity contribution < 1.29 is 0 Å². The molecule has 0 unspecified atom stereocenters. The quantitative estimate of drug-likeness (QED) is 0.181. The van der Waals surface area contributed by atoms with Crippen LogP contribution < -0.4 is 0 Å². The highest BCUT2D eigenvalue weighted by molar-refractivity contribution is 6.12. The van der Waals surface area contributed by atoms with Crippen molar-refractivity contribution in [2.24, 2.45) is 0 Å². The second-order valence-electron chi connectivity index (χ2n) is 13.6. The molecular weight excluding hydrogens is 657 g/mol. The van der Waals surface area contributed by atoms with Crippen molar-refractivity contribution in [1.29, 1.82) is 10.5 Å². The molecule has 8 aromatic carbocycles. The number of nitrogens with zero attached hydrogens (tertiary/aromatic N) is 4. The maximum absolute atomic E-state index is 10.3. The monoisotopic (exact) mass is 686 g/mol. The predicted molar refractivity (Wildman–Crippen MR) is 221 cm³/mol. The van der Waals surface area contributed by atoms with E-state index in [1.165, 1.54) is 0 Å². The zero-order valence-electron chi connectivity index (χ0n) is 29.1. The average Bonchev–Trinajstić information content (AvgIpc) is 3.76. The Balaban J connectivity index is 1.26. The number of aromatic nitrogens is 2. The van der Waals surface area contributed by atoms with E-state index in [4.69, 9.17) is 0 Å². The lowest BCUT2D eigenvalue weighted by atomic mass is 9.97. The normalized spacial score (nSPS) is 11.3. The highest BCUT2D eigenvalue weighted by Gasteiger charge is 2.22. The van der Waals surface area contributed by atoms with Crippen molar-refractivity contribution in [2.45, 2.75) is 0 Å². The van der Waals surface area contributed by atoms with Gasteiger partial charge < -0.3 is 9.13 Å². The Morgan fingerprint density at radius 1 is 0.315 bits per heavy atom. The van der Waals surface area contributed by atoms with Crippen molar-refractivity contribution in [2.75, 3.05) is 0 Å². The van der Waals surface area contributed by atoms with Crippen LogP contribution in [0.4, 0.5) is 0 Å². The first-order valence-electron chi connectivity index (χ1n) is 18.0. The third-order valence-electron chi connectivity index (χ3n) is 10.6. The maximum atomic E-state index is 10.3. The predicted octanol–water partition coefficient (Wildman–Crippen LogP) is 12.6. The van der Waals surface area contributed by atoms with Gasteiger partial charge in [0.15, 0.2) is 0 Å². The minimum absolute atomic E-state index is 0.545. The van der Waals surface area contributed by atoms with Crippen molar-refractivity contribution >= 4 is 43.6 Å². The molecule has 10 rings (SSSR count). The van der Waals surface area contributed by atoms with E-state index in [-0.39, 0.29) is 0 Å². The molecule has 4 heteroatoms. The van der Waals surface area contributed by atoms with E-state index in [9.17, 15) is 10.5 Å². The fraction of sp³-hybridized carbons (Fsp3) is 0. The van der Waals surface area contributed by atoms with E-state index in [0.717, 1.165) is 88.4 Å². The van der Waals surface area contributed by atoms with Gasteiger partial charge in [-0.05, 0) is 95.1 Å². The van der Waals surface area contributed by atoms with Gasteiger partial charge in [0.05, 0.1) is 56.7 Å². The topological polar surface area (TPSA) is 57.4 Å². The molecule has 0 amide bonds. The minimum atomic E-state index is 0.545. The van der Waals surface area contributed by atoms with E-state index < -0.39 is 0 Å². The summed E-state index contributed by atoms with van der Waals surface area (Å²) in [4.78, 5) is 0. The van der Waals surface area contributed by atoms with E-state index in [0.29, 0.717) is 11.1 Å². The summed E-state index contributed by atoms with van der Waals surface area (Å²) in [5.41, 5.74) is 13.5. The first-order valence-corrected chi connectivity index (χ1v) is 18.0. The zero-order chi connectivity index (χ0) is 36.2. The first-order chi connectivity index (χ1) is 26.7.